The van der Waals surface area contributed by atoms with Crippen molar-refractivity contribution < 1.29 is 9.90 Å². The van der Waals surface area contributed by atoms with Crippen LogP contribution in [0, 0.1) is 17.3 Å². The molecule has 1 saturated carbocycles. The van der Waals surface area contributed by atoms with E-state index in [0.717, 1.165) is 6.42 Å². The summed E-state index contributed by atoms with van der Waals surface area (Å²) in [5, 5.41) is 9.20. The Bertz CT molecular complexity index is 388. The second kappa shape index (κ2) is 4.32. The Morgan fingerprint density at radius 2 is 2.12 bits per heavy atom. The first-order valence-electron chi connectivity index (χ1n) is 6.52. The largest absolute Gasteiger partial charge is 0.478 e. The molecule has 0 spiro atoms. The topological polar surface area (TPSA) is 37.3 Å². The van der Waals surface area contributed by atoms with Crippen LogP contribution in [0.15, 0.2) is 23.3 Å². The van der Waals surface area contributed by atoms with Crippen molar-refractivity contribution in [2.75, 3.05) is 0 Å². The summed E-state index contributed by atoms with van der Waals surface area (Å²) in [4.78, 5) is 11.2. The lowest BCUT2D eigenvalue weighted by atomic mass is 10.0. The molecule has 1 fully saturated rings. The first-order valence-corrected chi connectivity index (χ1v) is 6.52. The molecule has 17 heavy (non-hydrogen) atoms. The second-order valence-electron chi connectivity index (χ2n) is 6.08. The van der Waals surface area contributed by atoms with E-state index in [4.69, 9.17) is 0 Å². The van der Waals surface area contributed by atoms with Crippen LogP contribution in [-0.4, -0.2) is 11.1 Å². The van der Waals surface area contributed by atoms with E-state index in [9.17, 15) is 9.90 Å². The number of allylic oxidation sites excluding steroid dienone is 3. The zero-order chi connectivity index (χ0) is 12.6. The van der Waals surface area contributed by atoms with Gasteiger partial charge in [-0.25, -0.2) is 4.79 Å². The van der Waals surface area contributed by atoms with E-state index in [1.165, 1.54) is 18.4 Å². The average molecular weight is 234 g/mol. The monoisotopic (exact) mass is 234 g/mol. The number of carboxylic acid groups (broad SMARTS) is 1. The van der Waals surface area contributed by atoms with Crippen molar-refractivity contribution in [2.45, 2.75) is 46.5 Å². The van der Waals surface area contributed by atoms with E-state index >= 15 is 0 Å². The van der Waals surface area contributed by atoms with Gasteiger partial charge in [-0.2, -0.15) is 0 Å². The zero-order valence-electron chi connectivity index (χ0n) is 11.0. The van der Waals surface area contributed by atoms with Gasteiger partial charge in [0.2, 0.25) is 0 Å². The lowest BCUT2D eigenvalue weighted by Crippen LogP contribution is -2.02. The van der Waals surface area contributed by atoms with Gasteiger partial charge in [-0.3, -0.25) is 0 Å². The van der Waals surface area contributed by atoms with Crippen LogP contribution in [0.2, 0.25) is 0 Å². The maximum absolute atomic E-state index is 11.2. The van der Waals surface area contributed by atoms with Gasteiger partial charge >= 0.3 is 5.97 Å². The highest BCUT2D eigenvalue weighted by Gasteiger charge is 2.55. The van der Waals surface area contributed by atoms with E-state index in [0.29, 0.717) is 29.2 Å². The fourth-order valence-electron chi connectivity index (χ4n) is 3.11. The van der Waals surface area contributed by atoms with E-state index in [1.807, 2.05) is 6.08 Å². The van der Waals surface area contributed by atoms with Crippen LogP contribution in [0.1, 0.15) is 46.5 Å². The molecule has 2 aliphatic rings. The third kappa shape index (κ3) is 2.46. The molecule has 2 heteroatoms. The van der Waals surface area contributed by atoms with E-state index < -0.39 is 5.97 Å². The van der Waals surface area contributed by atoms with E-state index in [-0.39, 0.29) is 0 Å². The van der Waals surface area contributed by atoms with E-state index in [2.05, 4.69) is 26.8 Å². The Kier molecular flexibility index (Phi) is 3.15. The van der Waals surface area contributed by atoms with Crippen molar-refractivity contribution in [3.05, 3.63) is 23.3 Å². The van der Waals surface area contributed by atoms with Crippen LogP contribution in [0.25, 0.3) is 0 Å². The smallest absolute Gasteiger partial charge is 0.331 e. The summed E-state index contributed by atoms with van der Waals surface area (Å²) < 4.78 is 0. The molecule has 2 nitrogen and oxygen atoms in total. The van der Waals surface area contributed by atoms with Crippen molar-refractivity contribution in [3.63, 3.8) is 0 Å². The van der Waals surface area contributed by atoms with Crippen LogP contribution in [0.5, 0.6) is 0 Å². The van der Waals surface area contributed by atoms with Crippen LogP contribution in [0.3, 0.4) is 0 Å². The molecule has 0 heterocycles. The fraction of sp³-hybridized carbons (Fsp3) is 0.667. The number of carboxylic acids is 1. The van der Waals surface area contributed by atoms with Crippen LogP contribution in [0.4, 0.5) is 0 Å². The molecule has 0 unspecified atom stereocenters. The molecule has 2 aliphatic carbocycles. The molecular weight excluding hydrogens is 212 g/mol. The standard InChI is InChI=1S/C15H22O2/c1-10-5-4-6-11(14(16)17)9-13-12(8-7-10)15(13,2)3/h5,9,12-13H,4,6-8H2,1-3H3,(H,16,17)/b10-5+,11-9-/t12-,13+/m1/s1. The summed E-state index contributed by atoms with van der Waals surface area (Å²) in [7, 11) is 0. The molecule has 0 bridgehead atoms. The lowest BCUT2D eigenvalue weighted by molar-refractivity contribution is -0.132. The van der Waals surface area contributed by atoms with Crippen LogP contribution < -0.4 is 0 Å². The van der Waals surface area contributed by atoms with Gasteiger partial charge in [-0.1, -0.05) is 31.6 Å². The molecule has 1 N–H and O–H groups in total. The van der Waals surface area contributed by atoms with Crippen molar-refractivity contribution >= 4 is 5.97 Å². The van der Waals surface area contributed by atoms with Gasteiger partial charge in [0.1, 0.15) is 0 Å². The predicted octanol–water partition coefficient (Wildman–Crippen LogP) is 3.79. The number of aliphatic carboxylic acids is 1. The summed E-state index contributed by atoms with van der Waals surface area (Å²) in [6.07, 6.45) is 8.13. The van der Waals surface area contributed by atoms with Crippen LogP contribution >= 0.6 is 0 Å². The third-order valence-electron chi connectivity index (χ3n) is 4.55. The maximum atomic E-state index is 11.2. The first-order chi connectivity index (χ1) is 7.93. The minimum Gasteiger partial charge on any atom is -0.478 e. The van der Waals surface area contributed by atoms with Crippen molar-refractivity contribution in [1.82, 2.24) is 0 Å². The molecule has 0 aromatic rings. The average Bonchev–Trinajstić information content (AvgIpc) is 2.76. The number of carbonyl (C=O) groups is 1. The lowest BCUT2D eigenvalue weighted by Gasteiger charge is -2.05. The molecule has 0 aromatic heterocycles. The van der Waals surface area contributed by atoms with Gasteiger partial charge in [0.05, 0.1) is 0 Å². The van der Waals surface area contributed by atoms with E-state index in [1.54, 1.807) is 0 Å². The van der Waals surface area contributed by atoms with Crippen LogP contribution in [-0.2, 0) is 4.79 Å². The Morgan fingerprint density at radius 3 is 2.76 bits per heavy atom. The summed E-state index contributed by atoms with van der Waals surface area (Å²) in [5.74, 6) is 0.399. The Labute approximate surface area is 103 Å². The van der Waals surface area contributed by atoms with Gasteiger partial charge in [-0.05, 0) is 49.9 Å². The quantitative estimate of drug-likeness (QED) is 0.701. The highest BCUT2D eigenvalue weighted by Crippen LogP contribution is 2.61. The Hall–Kier alpha value is -1.05. The van der Waals surface area contributed by atoms with Gasteiger partial charge in [0.25, 0.3) is 0 Å². The molecule has 94 valence electrons. The first kappa shape index (κ1) is 12.4. The summed E-state index contributed by atoms with van der Waals surface area (Å²) in [6, 6.07) is 0. The normalized spacial score (nSPS) is 38.1. The second-order valence-corrected chi connectivity index (χ2v) is 6.08. The molecular formula is C15H22O2. The summed E-state index contributed by atoms with van der Waals surface area (Å²) in [6.45, 7) is 6.68. The van der Waals surface area contributed by atoms with Crippen molar-refractivity contribution in [1.29, 1.82) is 0 Å². The molecule has 2 atom stereocenters. The summed E-state index contributed by atoms with van der Waals surface area (Å²) in [5.41, 5.74) is 2.32. The molecule has 0 saturated heterocycles. The molecule has 0 aromatic carbocycles. The fourth-order valence-corrected chi connectivity index (χ4v) is 3.11. The maximum Gasteiger partial charge on any atom is 0.331 e. The molecule has 2 rings (SSSR count). The van der Waals surface area contributed by atoms with Crippen molar-refractivity contribution in [3.8, 4) is 0 Å². The highest BCUT2D eigenvalue weighted by molar-refractivity contribution is 5.86. The highest BCUT2D eigenvalue weighted by atomic mass is 16.4. The Morgan fingerprint density at radius 1 is 1.41 bits per heavy atom. The van der Waals surface area contributed by atoms with Gasteiger partial charge in [-0.15, -0.1) is 0 Å². The molecule has 0 radical (unpaired) electrons. The number of hydrogen-bond acceptors (Lipinski definition) is 1. The zero-order valence-corrected chi connectivity index (χ0v) is 11.0. The van der Waals surface area contributed by atoms with Gasteiger partial charge < -0.3 is 5.11 Å². The molecule has 0 aliphatic heterocycles. The summed E-state index contributed by atoms with van der Waals surface area (Å²) >= 11 is 0. The minimum absolute atomic E-state index is 0.297. The Balaban J connectivity index is 2.22. The minimum atomic E-state index is -0.738. The number of fused-ring (bicyclic) bond motifs is 1. The number of hydrogen-bond donors (Lipinski definition) is 1. The van der Waals surface area contributed by atoms with Gasteiger partial charge in [0.15, 0.2) is 0 Å². The SMILES string of the molecule is C/C1=C\CC/C(C(=O)O)=C/[C@H]2[C@@H](CC1)C2(C)C. The third-order valence-corrected chi connectivity index (χ3v) is 4.55. The molecule has 0 amide bonds. The van der Waals surface area contributed by atoms with Gasteiger partial charge in [0, 0.05) is 5.57 Å². The number of rotatable bonds is 1. The predicted molar refractivity (Wildman–Crippen MR) is 68.7 cm³/mol. The van der Waals surface area contributed by atoms with Crippen molar-refractivity contribution in [2.24, 2.45) is 17.3 Å².